The van der Waals surface area contributed by atoms with Crippen LogP contribution < -0.4 is 19.6 Å². The normalized spacial score (nSPS) is 14.6. The second-order valence-electron chi connectivity index (χ2n) is 9.97. The summed E-state index contributed by atoms with van der Waals surface area (Å²) in [6.45, 7) is 2.22. The Morgan fingerprint density at radius 2 is 1.75 bits per heavy atom. The molecule has 0 fully saturated rings. The highest BCUT2D eigenvalue weighted by atomic mass is 35.5. The summed E-state index contributed by atoms with van der Waals surface area (Å²) in [7, 11) is 0. The molecule has 9 heteroatoms. The van der Waals surface area contributed by atoms with E-state index in [9.17, 15) is 14.0 Å². The van der Waals surface area contributed by atoms with E-state index in [0.717, 1.165) is 11.1 Å². The lowest BCUT2D eigenvalue weighted by Crippen LogP contribution is -2.40. The molecule has 0 unspecified atom stereocenters. The van der Waals surface area contributed by atoms with Gasteiger partial charge in [0.25, 0.3) is 5.56 Å². The van der Waals surface area contributed by atoms with Crippen LogP contribution in [0, 0.1) is 5.82 Å². The number of hydrogen-bond donors (Lipinski definition) is 0. The molecule has 220 valence electrons. The van der Waals surface area contributed by atoms with Crippen molar-refractivity contribution in [2.75, 3.05) is 6.61 Å². The minimum Gasteiger partial charge on any atom is -0.489 e. The van der Waals surface area contributed by atoms with E-state index in [-0.39, 0.29) is 17.7 Å². The third-order valence-electron chi connectivity index (χ3n) is 7.03. The molecule has 6 nitrogen and oxygen atoms in total. The summed E-state index contributed by atoms with van der Waals surface area (Å²) in [6, 6.07) is 29.0. The van der Waals surface area contributed by atoms with E-state index in [0.29, 0.717) is 43.5 Å². The SMILES string of the molecule is CCOC(=O)C1=C(c2ccccc2)N=c2s/c(=C/c3cccc(OCc4ccc(Cl)cc4)c3)c(=O)n2[C@@H]1c1ccc(F)cc1. The zero-order chi connectivity index (χ0) is 30.6. The van der Waals surface area contributed by atoms with E-state index in [1.165, 1.54) is 28.0 Å². The summed E-state index contributed by atoms with van der Waals surface area (Å²) in [5.41, 5.74) is 3.28. The molecule has 0 aliphatic carbocycles. The van der Waals surface area contributed by atoms with E-state index in [1.807, 2.05) is 78.9 Å². The van der Waals surface area contributed by atoms with Crippen LogP contribution in [0.5, 0.6) is 5.75 Å². The maximum absolute atomic E-state index is 14.1. The highest BCUT2D eigenvalue weighted by Gasteiger charge is 2.35. The van der Waals surface area contributed by atoms with Crippen molar-refractivity contribution < 1.29 is 18.7 Å². The van der Waals surface area contributed by atoms with E-state index in [1.54, 1.807) is 25.1 Å². The van der Waals surface area contributed by atoms with Crippen LogP contribution in [0.15, 0.2) is 118 Å². The van der Waals surface area contributed by atoms with Crippen LogP contribution in [0.3, 0.4) is 0 Å². The lowest BCUT2D eigenvalue weighted by Gasteiger charge is -2.25. The van der Waals surface area contributed by atoms with Crippen molar-refractivity contribution in [3.63, 3.8) is 0 Å². The number of rotatable bonds is 8. The molecule has 2 heterocycles. The molecule has 0 saturated carbocycles. The zero-order valence-corrected chi connectivity index (χ0v) is 25.1. The van der Waals surface area contributed by atoms with Gasteiger partial charge in [-0.25, -0.2) is 14.2 Å². The Bertz CT molecular complexity index is 2040. The van der Waals surface area contributed by atoms with Crippen molar-refractivity contribution in [2.45, 2.75) is 19.6 Å². The molecule has 0 amide bonds. The maximum atomic E-state index is 14.1. The number of fused-ring (bicyclic) bond motifs is 1. The molecule has 1 aliphatic heterocycles. The monoisotopic (exact) mass is 624 g/mol. The van der Waals surface area contributed by atoms with Gasteiger partial charge in [-0.15, -0.1) is 0 Å². The molecule has 5 aromatic rings. The number of carbonyl (C=O) groups is 1. The molecule has 0 bridgehead atoms. The second-order valence-corrected chi connectivity index (χ2v) is 11.4. The summed E-state index contributed by atoms with van der Waals surface area (Å²) in [4.78, 5) is 32.8. The van der Waals surface area contributed by atoms with E-state index < -0.39 is 17.8 Å². The van der Waals surface area contributed by atoms with Gasteiger partial charge in [-0.1, -0.05) is 89.7 Å². The summed E-state index contributed by atoms with van der Waals surface area (Å²) >= 11 is 7.20. The number of halogens is 2. The molecular weight excluding hydrogens is 599 g/mol. The number of aromatic nitrogens is 1. The molecule has 1 aliphatic rings. The minimum absolute atomic E-state index is 0.140. The van der Waals surface area contributed by atoms with Gasteiger partial charge in [0.15, 0.2) is 4.80 Å². The first-order valence-electron chi connectivity index (χ1n) is 13.9. The Labute approximate surface area is 261 Å². The summed E-state index contributed by atoms with van der Waals surface area (Å²) < 4.78 is 27.3. The quantitative estimate of drug-likeness (QED) is 0.190. The van der Waals surface area contributed by atoms with E-state index >= 15 is 0 Å². The average molecular weight is 625 g/mol. The van der Waals surface area contributed by atoms with Gasteiger partial charge in [0.1, 0.15) is 18.2 Å². The highest BCUT2D eigenvalue weighted by molar-refractivity contribution is 7.07. The molecule has 6 rings (SSSR count). The van der Waals surface area contributed by atoms with Crippen molar-refractivity contribution in [3.05, 3.63) is 161 Å². The summed E-state index contributed by atoms with van der Waals surface area (Å²) in [5.74, 6) is -0.380. The first-order valence-corrected chi connectivity index (χ1v) is 15.1. The van der Waals surface area contributed by atoms with Crippen LogP contribution in [0.25, 0.3) is 11.8 Å². The molecule has 44 heavy (non-hydrogen) atoms. The lowest BCUT2D eigenvalue weighted by molar-refractivity contribution is -0.138. The van der Waals surface area contributed by atoms with E-state index in [4.69, 9.17) is 26.1 Å². The van der Waals surface area contributed by atoms with Crippen LogP contribution >= 0.6 is 22.9 Å². The fraction of sp³-hybridized carbons (Fsp3) is 0.114. The first-order chi connectivity index (χ1) is 21.4. The lowest BCUT2D eigenvalue weighted by atomic mass is 9.93. The number of nitrogens with zero attached hydrogens (tertiary/aromatic N) is 2. The zero-order valence-electron chi connectivity index (χ0n) is 23.6. The van der Waals surface area contributed by atoms with Crippen LogP contribution in [0.2, 0.25) is 5.02 Å². The fourth-order valence-corrected chi connectivity index (χ4v) is 6.12. The van der Waals surface area contributed by atoms with Gasteiger partial charge in [-0.05, 0) is 66.1 Å². The molecule has 0 N–H and O–H groups in total. The molecule has 0 saturated heterocycles. The van der Waals surface area contributed by atoms with Crippen LogP contribution in [0.1, 0.15) is 35.2 Å². The standard InChI is InChI=1S/C35H26ClFN2O4S/c1-2-42-34(41)30-31(24-8-4-3-5-9-24)38-35-39(32(30)25-13-17-27(37)18-14-25)33(40)29(44-35)20-23-7-6-10-28(19-23)43-21-22-11-15-26(36)16-12-22/h3-20,32H,2,21H2,1H3/b29-20+/t32-/m1/s1. The molecule has 1 atom stereocenters. The number of ether oxygens (including phenoxy) is 2. The van der Waals surface area contributed by atoms with E-state index in [2.05, 4.69) is 0 Å². The Morgan fingerprint density at radius 3 is 2.48 bits per heavy atom. The van der Waals surface area contributed by atoms with Crippen molar-refractivity contribution >= 4 is 40.7 Å². The smallest absolute Gasteiger partial charge is 0.338 e. The maximum Gasteiger partial charge on any atom is 0.338 e. The van der Waals surface area contributed by atoms with Gasteiger partial charge in [0.05, 0.1) is 28.5 Å². The Balaban J connectivity index is 1.47. The Morgan fingerprint density at radius 1 is 1.00 bits per heavy atom. The Kier molecular flexibility index (Phi) is 8.54. The van der Waals surface area contributed by atoms with Gasteiger partial charge in [-0.2, -0.15) is 0 Å². The topological polar surface area (TPSA) is 69.9 Å². The van der Waals surface area contributed by atoms with Gasteiger partial charge in [-0.3, -0.25) is 9.36 Å². The predicted octanol–water partition coefficient (Wildman–Crippen LogP) is 6.31. The third-order valence-corrected chi connectivity index (χ3v) is 8.27. The average Bonchev–Trinajstić information content (AvgIpc) is 3.35. The van der Waals surface area contributed by atoms with Gasteiger partial charge >= 0.3 is 5.97 Å². The number of esters is 1. The van der Waals surface area contributed by atoms with Crippen molar-refractivity contribution in [1.29, 1.82) is 0 Å². The van der Waals surface area contributed by atoms with Crippen molar-refractivity contribution in [3.8, 4) is 5.75 Å². The molecule has 0 spiro atoms. The number of carbonyl (C=O) groups excluding carboxylic acids is 1. The first kappa shape index (κ1) is 29.3. The summed E-state index contributed by atoms with van der Waals surface area (Å²) in [5, 5.41) is 0.657. The predicted molar refractivity (Wildman–Crippen MR) is 170 cm³/mol. The van der Waals surface area contributed by atoms with Crippen LogP contribution in [-0.4, -0.2) is 17.1 Å². The minimum atomic E-state index is -0.878. The second kappa shape index (κ2) is 12.8. The molecular formula is C35H26ClFN2O4S. The molecule has 4 aromatic carbocycles. The fourth-order valence-electron chi connectivity index (χ4n) is 4.99. The summed E-state index contributed by atoms with van der Waals surface area (Å²) in [6.07, 6.45) is 1.77. The number of thiazole rings is 1. The number of hydrogen-bond acceptors (Lipinski definition) is 6. The van der Waals surface area contributed by atoms with Crippen LogP contribution in [0.4, 0.5) is 4.39 Å². The molecule has 1 aromatic heterocycles. The van der Waals surface area contributed by atoms with Gasteiger partial charge < -0.3 is 9.47 Å². The van der Waals surface area contributed by atoms with Crippen molar-refractivity contribution in [2.24, 2.45) is 4.99 Å². The van der Waals surface area contributed by atoms with Crippen LogP contribution in [-0.2, 0) is 16.1 Å². The molecule has 0 radical (unpaired) electrons. The highest BCUT2D eigenvalue weighted by Crippen LogP contribution is 2.35. The largest absolute Gasteiger partial charge is 0.489 e. The van der Waals surface area contributed by atoms with Crippen molar-refractivity contribution in [1.82, 2.24) is 4.57 Å². The van der Waals surface area contributed by atoms with Gasteiger partial charge in [0.2, 0.25) is 0 Å². The number of benzene rings is 4. The Hall–Kier alpha value is -4.79. The third kappa shape index (κ3) is 6.13. The van der Waals surface area contributed by atoms with Gasteiger partial charge in [0, 0.05) is 10.6 Å².